The molecule has 2 aromatic carbocycles. The Labute approximate surface area is 182 Å². The molecule has 0 spiro atoms. The van der Waals surface area contributed by atoms with Crippen molar-refractivity contribution in [3.8, 4) is 17.0 Å². The first-order chi connectivity index (χ1) is 14.8. The van der Waals surface area contributed by atoms with Gasteiger partial charge in [-0.2, -0.15) is 0 Å². The third-order valence-corrected chi connectivity index (χ3v) is 6.93. The second-order valence-corrected chi connectivity index (χ2v) is 9.46. The maximum Gasteiger partial charge on any atom is 0.269 e. The average Bonchev–Trinajstić information content (AvgIpc) is 3.22. The van der Waals surface area contributed by atoms with Crippen LogP contribution in [0.2, 0.25) is 0 Å². The highest BCUT2D eigenvalue weighted by Gasteiger charge is 2.16. The summed E-state index contributed by atoms with van der Waals surface area (Å²) in [4.78, 5) is 26.9. The Kier molecular flexibility index (Phi) is 6.98. The molecule has 162 valence electrons. The molecule has 0 saturated carbocycles. The zero-order valence-corrected chi connectivity index (χ0v) is 18.1. The number of nitro benzene ring substituents is 1. The third kappa shape index (κ3) is 5.86. The molecule has 0 radical (unpaired) electrons. The second-order valence-electron chi connectivity index (χ2n) is 6.49. The SMILES string of the molecule is COc1ccc(S(=O)(=O)CCCC(=O)Nc2nc(-c3ccc([N+](=O)[O-])cc3)cs2)cc1. The van der Waals surface area contributed by atoms with E-state index in [1.54, 1.807) is 29.6 Å². The summed E-state index contributed by atoms with van der Waals surface area (Å²) >= 11 is 1.22. The lowest BCUT2D eigenvalue weighted by atomic mass is 10.1. The second kappa shape index (κ2) is 9.67. The first-order valence-corrected chi connectivity index (χ1v) is 11.7. The van der Waals surface area contributed by atoms with Crippen LogP contribution in [0.1, 0.15) is 12.8 Å². The normalized spacial score (nSPS) is 11.1. The van der Waals surface area contributed by atoms with Crippen LogP contribution in [-0.4, -0.2) is 37.1 Å². The fourth-order valence-corrected chi connectivity index (χ4v) is 4.77. The predicted molar refractivity (Wildman–Crippen MR) is 117 cm³/mol. The van der Waals surface area contributed by atoms with E-state index in [9.17, 15) is 23.3 Å². The summed E-state index contributed by atoms with van der Waals surface area (Å²) in [7, 11) is -1.99. The zero-order chi connectivity index (χ0) is 22.4. The summed E-state index contributed by atoms with van der Waals surface area (Å²) in [5, 5.41) is 15.5. The van der Waals surface area contributed by atoms with E-state index in [1.165, 1.54) is 42.7 Å². The van der Waals surface area contributed by atoms with Crippen LogP contribution >= 0.6 is 11.3 Å². The van der Waals surface area contributed by atoms with Crippen LogP contribution in [0.4, 0.5) is 10.8 Å². The summed E-state index contributed by atoms with van der Waals surface area (Å²) in [5.41, 5.74) is 1.25. The summed E-state index contributed by atoms with van der Waals surface area (Å²) < 4.78 is 29.8. The van der Waals surface area contributed by atoms with Gasteiger partial charge in [-0.25, -0.2) is 13.4 Å². The molecule has 0 unspecified atom stereocenters. The fourth-order valence-electron chi connectivity index (χ4n) is 2.72. The van der Waals surface area contributed by atoms with Crippen molar-refractivity contribution in [2.24, 2.45) is 0 Å². The van der Waals surface area contributed by atoms with Crippen molar-refractivity contribution in [1.82, 2.24) is 4.98 Å². The summed E-state index contributed by atoms with van der Waals surface area (Å²) in [6.07, 6.45) is 0.197. The van der Waals surface area contributed by atoms with E-state index in [4.69, 9.17) is 4.74 Å². The van der Waals surface area contributed by atoms with E-state index in [2.05, 4.69) is 10.3 Å². The van der Waals surface area contributed by atoms with Gasteiger partial charge in [0.2, 0.25) is 5.91 Å². The Morgan fingerprint density at radius 2 is 1.84 bits per heavy atom. The van der Waals surface area contributed by atoms with E-state index in [-0.39, 0.29) is 35.1 Å². The minimum Gasteiger partial charge on any atom is -0.497 e. The Morgan fingerprint density at radius 3 is 2.45 bits per heavy atom. The predicted octanol–water partition coefficient (Wildman–Crippen LogP) is 3.92. The van der Waals surface area contributed by atoms with Crippen LogP contribution in [0.25, 0.3) is 11.3 Å². The van der Waals surface area contributed by atoms with Crippen molar-refractivity contribution >= 4 is 37.9 Å². The lowest BCUT2D eigenvalue weighted by molar-refractivity contribution is -0.384. The first kappa shape index (κ1) is 22.4. The van der Waals surface area contributed by atoms with E-state index >= 15 is 0 Å². The van der Waals surface area contributed by atoms with E-state index in [1.807, 2.05) is 0 Å². The Bertz CT molecular complexity index is 1170. The monoisotopic (exact) mass is 461 g/mol. The van der Waals surface area contributed by atoms with Crippen molar-refractivity contribution in [1.29, 1.82) is 0 Å². The minimum absolute atomic E-state index is 0.0166. The molecule has 1 heterocycles. The van der Waals surface area contributed by atoms with Gasteiger partial charge >= 0.3 is 0 Å². The van der Waals surface area contributed by atoms with Crippen LogP contribution in [0.5, 0.6) is 5.75 Å². The van der Waals surface area contributed by atoms with Gasteiger partial charge in [0.25, 0.3) is 5.69 Å². The van der Waals surface area contributed by atoms with Gasteiger partial charge in [-0.1, -0.05) is 0 Å². The Hall–Kier alpha value is -3.31. The van der Waals surface area contributed by atoms with Crippen molar-refractivity contribution in [3.05, 3.63) is 64.0 Å². The quantitative estimate of drug-likeness (QED) is 0.378. The topological polar surface area (TPSA) is 128 Å². The summed E-state index contributed by atoms with van der Waals surface area (Å²) in [5.74, 6) is 0.0722. The maximum atomic E-state index is 12.4. The number of benzene rings is 2. The number of carbonyl (C=O) groups is 1. The summed E-state index contributed by atoms with van der Waals surface area (Å²) in [6.45, 7) is 0. The lowest BCUT2D eigenvalue weighted by Gasteiger charge is -2.06. The average molecular weight is 462 g/mol. The molecular formula is C20H19N3O6S2. The largest absolute Gasteiger partial charge is 0.497 e. The van der Waals surface area contributed by atoms with Gasteiger partial charge < -0.3 is 10.1 Å². The van der Waals surface area contributed by atoms with Crippen LogP contribution in [0.15, 0.2) is 58.8 Å². The molecule has 0 fully saturated rings. The molecule has 0 atom stereocenters. The summed E-state index contributed by atoms with van der Waals surface area (Å²) in [6, 6.07) is 12.0. The van der Waals surface area contributed by atoms with Crippen LogP contribution in [0.3, 0.4) is 0 Å². The number of rotatable bonds is 9. The number of hydrogen-bond acceptors (Lipinski definition) is 8. The molecule has 0 aliphatic rings. The number of non-ortho nitro benzene ring substituents is 1. The number of nitrogens with one attached hydrogen (secondary N) is 1. The molecule has 3 aromatic rings. The molecule has 0 bridgehead atoms. The van der Waals surface area contributed by atoms with Gasteiger partial charge in [0.15, 0.2) is 15.0 Å². The van der Waals surface area contributed by atoms with Gasteiger partial charge in [0.1, 0.15) is 5.75 Å². The smallest absolute Gasteiger partial charge is 0.269 e. The standard InChI is InChI=1S/C20H19N3O6S2/c1-29-16-8-10-17(11-9-16)31(27,28)12-2-3-19(24)22-20-21-18(13-30-20)14-4-6-15(7-5-14)23(25)26/h4-11,13H,2-3,12H2,1H3,(H,21,22,24). The Morgan fingerprint density at radius 1 is 1.16 bits per heavy atom. The number of aromatic nitrogens is 1. The van der Waals surface area contributed by atoms with E-state index < -0.39 is 14.8 Å². The van der Waals surface area contributed by atoms with Gasteiger partial charge in [-0.15, -0.1) is 11.3 Å². The molecule has 1 aromatic heterocycles. The number of carbonyl (C=O) groups excluding carboxylic acids is 1. The first-order valence-electron chi connectivity index (χ1n) is 9.15. The molecule has 0 aliphatic carbocycles. The molecule has 9 nitrogen and oxygen atoms in total. The molecule has 1 N–H and O–H groups in total. The number of ether oxygens (including phenoxy) is 1. The van der Waals surface area contributed by atoms with E-state index in [0.29, 0.717) is 22.1 Å². The molecule has 0 saturated heterocycles. The molecule has 1 amide bonds. The number of nitrogens with zero attached hydrogens (tertiary/aromatic N) is 2. The molecule has 3 rings (SSSR count). The minimum atomic E-state index is -3.49. The number of methoxy groups -OCH3 is 1. The van der Waals surface area contributed by atoms with Crippen molar-refractivity contribution in [2.45, 2.75) is 17.7 Å². The molecule has 11 heteroatoms. The van der Waals surface area contributed by atoms with Gasteiger partial charge in [-0.3, -0.25) is 14.9 Å². The van der Waals surface area contributed by atoms with Crippen molar-refractivity contribution in [3.63, 3.8) is 0 Å². The van der Waals surface area contributed by atoms with E-state index in [0.717, 1.165) is 0 Å². The van der Waals surface area contributed by atoms with Gasteiger partial charge in [-0.05, 0) is 42.8 Å². The van der Waals surface area contributed by atoms with Gasteiger partial charge in [0.05, 0.1) is 28.4 Å². The highest BCUT2D eigenvalue weighted by Crippen LogP contribution is 2.26. The van der Waals surface area contributed by atoms with Crippen molar-refractivity contribution in [2.75, 3.05) is 18.2 Å². The maximum absolute atomic E-state index is 12.4. The third-order valence-electron chi connectivity index (χ3n) is 4.36. The molecule has 31 heavy (non-hydrogen) atoms. The van der Waals surface area contributed by atoms with Crippen molar-refractivity contribution < 1.29 is 22.9 Å². The number of sulfone groups is 1. The van der Waals surface area contributed by atoms with Gasteiger partial charge in [0, 0.05) is 29.5 Å². The number of amides is 1. The molecular weight excluding hydrogens is 442 g/mol. The number of nitro groups is 1. The Balaban J connectivity index is 1.52. The highest BCUT2D eigenvalue weighted by atomic mass is 32.2. The molecule has 0 aliphatic heterocycles. The number of hydrogen-bond donors (Lipinski definition) is 1. The number of thiazole rings is 1. The van der Waals surface area contributed by atoms with Crippen LogP contribution < -0.4 is 10.1 Å². The fraction of sp³-hybridized carbons (Fsp3) is 0.200. The zero-order valence-electron chi connectivity index (χ0n) is 16.5. The number of anilines is 1. The highest BCUT2D eigenvalue weighted by molar-refractivity contribution is 7.91. The lowest BCUT2D eigenvalue weighted by Crippen LogP contribution is -2.14. The van der Waals surface area contributed by atoms with Crippen LogP contribution in [0, 0.1) is 10.1 Å². The van der Waals surface area contributed by atoms with Crippen LogP contribution in [-0.2, 0) is 14.6 Å².